The van der Waals surface area contributed by atoms with Crippen LogP contribution in [0.4, 0.5) is 4.79 Å². The smallest absolute Gasteiger partial charge is 0.317 e. The zero-order chi connectivity index (χ0) is 22.4. The number of rotatable bonds is 6. The second-order valence-corrected chi connectivity index (χ2v) is 8.09. The molecule has 31 heavy (non-hydrogen) atoms. The third kappa shape index (κ3) is 5.76. The molecular formula is C24H32N4O3. The van der Waals surface area contributed by atoms with Gasteiger partial charge in [0, 0.05) is 38.3 Å². The van der Waals surface area contributed by atoms with Crippen LogP contribution < -0.4 is 5.32 Å². The van der Waals surface area contributed by atoms with Gasteiger partial charge in [0.15, 0.2) is 0 Å². The molecule has 3 rings (SSSR count). The number of phenols is 1. The molecule has 2 aromatic rings. The number of urea groups is 1. The molecule has 1 saturated heterocycles. The Morgan fingerprint density at radius 1 is 0.968 bits per heavy atom. The number of benzene rings is 2. The molecule has 1 aliphatic rings. The lowest BCUT2D eigenvalue weighted by molar-refractivity contribution is 0.0664. The Labute approximate surface area is 184 Å². The quantitative estimate of drug-likeness (QED) is 0.748. The van der Waals surface area contributed by atoms with Gasteiger partial charge in [-0.1, -0.05) is 31.2 Å². The first-order chi connectivity index (χ1) is 14.9. The third-order valence-corrected chi connectivity index (χ3v) is 5.81. The van der Waals surface area contributed by atoms with E-state index in [2.05, 4.69) is 41.4 Å². The number of likely N-dealkylation sites (N-methyl/N-ethyl adjacent to an activating group) is 1. The van der Waals surface area contributed by atoms with Gasteiger partial charge in [-0.3, -0.25) is 4.79 Å². The van der Waals surface area contributed by atoms with Crippen LogP contribution in [-0.4, -0.2) is 78.6 Å². The van der Waals surface area contributed by atoms with Crippen molar-refractivity contribution >= 4 is 11.9 Å². The van der Waals surface area contributed by atoms with Crippen molar-refractivity contribution in [1.82, 2.24) is 20.0 Å². The molecule has 0 aliphatic carbocycles. The average molecular weight is 425 g/mol. The van der Waals surface area contributed by atoms with E-state index in [1.165, 1.54) is 23.3 Å². The fourth-order valence-electron chi connectivity index (χ4n) is 3.77. The van der Waals surface area contributed by atoms with E-state index in [1.807, 2.05) is 14.1 Å². The highest BCUT2D eigenvalue weighted by atomic mass is 16.3. The number of aromatic hydroxyl groups is 1. The van der Waals surface area contributed by atoms with Crippen molar-refractivity contribution in [3.63, 3.8) is 0 Å². The minimum absolute atomic E-state index is 0.0803. The summed E-state index contributed by atoms with van der Waals surface area (Å²) in [5, 5.41) is 12.4. The van der Waals surface area contributed by atoms with Crippen molar-refractivity contribution in [2.24, 2.45) is 0 Å². The summed E-state index contributed by atoms with van der Waals surface area (Å²) in [7, 11) is 4.02. The Hall–Kier alpha value is -3.06. The van der Waals surface area contributed by atoms with Gasteiger partial charge in [-0.25, -0.2) is 4.79 Å². The van der Waals surface area contributed by atoms with Crippen molar-refractivity contribution in [3.8, 4) is 5.75 Å². The number of amides is 3. The van der Waals surface area contributed by atoms with Gasteiger partial charge in [0.1, 0.15) is 5.75 Å². The lowest BCUT2D eigenvalue weighted by Gasteiger charge is -2.35. The molecule has 3 amide bonds. The number of hydrogen-bond donors (Lipinski definition) is 2. The monoisotopic (exact) mass is 424 g/mol. The van der Waals surface area contributed by atoms with Crippen LogP contribution in [0.5, 0.6) is 5.75 Å². The number of carbonyl (C=O) groups excluding carboxylic acids is 2. The normalized spacial score (nSPS) is 15.1. The van der Waals surface area contributed by atoms with Gasteiger partial charge in [-0.05, 0) is 55.9 Å². The molecule has 0 radical (unpaired) electrons. The molecule has 2 N–H and O–H groups in total. The third-order valence-electron chi connectivity index (χ3n) is 5.81. The van der Waals surface area contributed by atoms with Crippen LogP contribution in [0, 0.1) is 0 Å². The minimum Gasteiger partial charge on any atom is -0.508 e. The molecule has 7 heteroatoms. The fraction of sp³-hybridized carbons (Fsp3) is 0.417. The molecule has 1 atom stereocenters. The molecule has 1 heterocycles. The lowest BCUT2D eigenvalue weighted by atomic mass is 10.0. The summed E-state index contributed by atoms with van der Waals surface area (Å²) < 4.78 is 0. The topological polar surface area (TPSA) is 76.1 Å². The summed E-state index contributed by atoms with van der Waals surface area (Å²) in [6.07, 6.45) is 1.00. The van der Waals surface area contributed by atoms with Gasteiger partial charge in [0.25, 0.3) is 5.91 Å². The molecule has 2 aromatic carbocycles. The zero-order valence-electron chi connectivity index (χ0n) is 18.5. The average Bonchev–Trinajstić information content (AvgIpc) is 2.79. The molecule has 0 saturated carbocycles. The van der Waals surface area contributed by atoms with E-state index in [0.29, 0.717) is 38.3 Å². The van der Waals surface area contributed by atoms with E-state index in [1.54, 1.807) is 21.9 Å². The first kappa shape index (κ1) is 22.6. The van der Waals surface area contributed by atoms with Crippen LogP contribution in [0.2, 0.25) is 0 Å². The number of piperazine rings is 1. The summed E-state index contributed by atoms with van der Waals surface area (Å²) in [6.45, 7) is 4.62. The molecule has 166 valence electrons. The molecule has 7 nitrogen and oxygen atoms in total. The van der Waals surface area contributed by atoms with Crippen LogP contribution in [0.1, 0.15) is 34.5 Å². The largest absolute Gasteiger partial charge is 0.508 e. The second-order valence-electron chi connectivity index (χ2n) is 8.09. The van der Waals surface area contributed by atoms with Crippen LogP contribution >= 0.6 is 0 Å². The van der Waals surface area contributed by atoms with Gasteiger partial charge in [0.2, 0.25) is 0 Å². The van der Waals surface area contributed by atoms with Crippen LogP contribution in [0.25, 0.3) is 0 Å². The van der Waals surface area contributed by atoms with E-state index >= 15 is 0 Å². The maximum Gasteiger partial charge on any atom is 0.317 e. The number of nitrogens with one attached hydrogen (secondary N) is 1. The molecule has 1 aliphatic heterocycles. The number of nitrogens with zero attached hydrogens (tertiary/aromatic N) is 3. The summed E-state index contributed by atoms with van der Waals surface area (Å²) in [6, 6.07) is 14.8. The van der Waals surface area contributed by atoms with Gasteiger partial charge < -0.3 is 25.1 Å². The molecule has 0 bridgehead atoms. The highest BCUT2D eigenvalue weighted by Crippen LogP contribution is 2.19. The first-order valence-electron chi connectivity index (χ1n) is 10.8. The van der Waals surface area contributed by atoms with Crippen LogP contribution in [-0.2, 0) is 6.42 Å². The van der Waals surface area contributed by atoms with Gasteiger partial charge in [-0.15, -0.1) is 0 Å². The standard InChI is InChI=1S/C24H32N4O3/c1-4-18-5-7-19(8-6-18)22(26(2)3)17-25-24(31)28-15-13-27(14-16-28)23(30)20-9-11-21(29)12-10-20/h5-12,22,29H,4,13-17H2,1-3H3,(H,25,31). The molecule has 1 unspecified atom stereocenters. The maximum absolute atomic E-state index is 12.7. The van der Waals surface area contributed by atoms with Crippen molar-refractivity contribution in [2.75, 3.05) is 46.8 Å². The summed E-state index contributed by atoms with van der Waals surface area (Å²) in [5.74, 6) is 0.0543. The second kappa shape index (κ2) is 10.3. The minimum atomic E-state index is -0.103. The zero-order valence-corrected chi connectivity index (χ0v) is 18.5. The highest BCUT2D eigenvalue weighted by Gasteiger charge is 2.25. The lowest BCUT2D eigenvalue weighted by Crippen LogP contribution is -2.53. The predicted molar refractivity (Wildman–Crippen MR) is 121 cm³/mol. The maximum atomic E-state index is 12.7. The summed E-state index contributed by atoms with van der Waals surface area (Å²) >= 11 is 0. The Bertz CT molecular complexity index is 873. The van der Waals surface area contributed by atoms with E-state index < -0.39 is 0 Å². The van der Waals surface area contributed by atoms with E-state index in [4.69, 9.17) is 0 Å². The van der Waals surface area contributed by atoms with E-state index in [0.717, 1.165) is 6.42 Å². The number of hydrogen-bond acceptors (Lipinski definition) is 4. The summed E-state index contributed by atoms with van der Waals surface area (Å²) in [4.78, 5) is 30.9. The molecule has 1 fully saturated rings. The van der Waals surface area contributed by atoms with Gasteiger partial charge in [0.05, 0.1) is 6.04 Å². The highest BCUT2D eigenvalue weighted by molar-refractivity contribution is 5.94. The molecule has 0 aromatic heterocycles. The van der Waals surface area contributed by atoms with Crippen molar-refractivity contribution in [3.05, 3.63) is 65.2 Å². The number of carbonyl (C=O) groups is 2. The Kier molecular flexibility index (Phi) is 7.52. The SMILES string of the molecule is CCc1ccc(C(CNC(=O)N2CCN(C(=O)c3ccc(O)cc3)CC2)N(C)C)cc1. The van der Waals surface area contributed by atoms with Crippen molar-refractivity contribution < 1.29 is 14.7 Å². The van der Waals surface area contributed by atoms with Gasteiger partial charge >= 0.3 is 6.03 Å². The molecule has 0 spiro atoms. The van der Waals surface area contributed by atoms with Gasteiger partial charge in [-0.2, -0.15) is 0 Å². The predicted octanol–water partition coefficient (Wildman–Crippen LogP) is 2.72. The summed E-state index contributed by atoms with van der Waals surface area (Å²) in [5.41, 5.74) is 3.01. The first-order valence-corrected chi connectivity index (χ1v) is 10.8. The fourth-order valence-corrected chi connectivity index (χ4v) is 3.77. The van der Waals surface area contributed by atoms with Crippen LogP contribution in [0.15, 0.2) is 48.5 Å². The Morgan fingerprint density at radius 2 is 1.55 bits per heavy atom. The number of phenolic OH excluding ortho intramolecular Hbond substituents is 1. The Balaban J connectivity index is 1.51. The van der Waals surface area contributed by atoms with E-state index in [9.17, 15) is 14.7 Å². The van der Waals surface area contributed by atoms with Crippen molar-refractivity contribution in [2.45, 2.75) is 19.4 Å². The Morgan fingerprint density at radius 3 is 2.10 bits per heavy atom. The number of aryl methyl sites for hydroxylation is 1. The van der Waals surface area contributed by atoms with E-state index in [-0.39, 0.29) is 23.7 Å². The molecular weight excluding hydrogens is 392 g/mol. The van der Waals surface area contributed by atoms with Crippen molar-refractivity contribution in [1.29, 1.82) is 0 Å². The van der Waals surface area contributed by atoms with Crippen LogP contribution in [0.3, 0.4) is 0 Å².